The van der Waals surface area contributed by atoms with Gasteiger partial charge in [0, 0.05) is 5.92 Å². The molecule has 0 N–H and O–H groups in total. The van der Waals surface area contributed by atoms with Gasteiger partial charge in [0.05, 0.1) is 25.0 Å². The maximum absolute atomic E-state index is 12.5. The highest BCUT2D eigenvalue weighted by molar-refractivity contribution is 5.84. The number of allylic oxidation sites excluding steroid dienone is 1. The van der Waals surface area contributed by atoms with Crippen LogP contribution in [-0.2, 0) is 28.5 Å². The number of hydrogen-bond acceptors (Lipinski definition) is 6. The van der Waals surface area contributed by atoms with Gasteiger partial charge in [-0.15, -0.1) is 0 Å². The van der Waals surface area contributed by atoms with E-state index in [-0.39, 0.29) is 30.3 Å². The average Bonchev–Trinajstić information content (AvgIpc) is 2.48. The lowest BCUT2D eigenvalue weighted by Gasteiger charge is -2.48. The largest absolute Gasteiger partial charge is 0.466 e. The number of carbonyl (C=O) groups is 2. The lowest BCUT2D eigenvalue weighted by atomic mass is 9.67. The Labute approximate surface area is 129 Å². The molecule has 2 aliphatic heterocycles. The van der Waals surface area contributed by atoms with Crippen LogP contribution >= 0.6 is 0 Å². The monoisotopic (exact) mass is 310 g/mol. The molecule has 0 unspecified atom stereocenters. The van der Waals surface area contributed by atoms with E-state index in [1.165, 1.54) is 0 Å². The predicted octanol–water partition coefficient (Wildman–Crippen LogP) is 1.43. The van der Waals surface area contributed by atoms with Gasteiger partial charge in [0.15, 0.2) is 12.4 Å². The first kappa shape index (κ1) is 15.5. The summed E-state index contributed by atoms with van der Waals surface area (Å²) in [5, 5.41) is 0. The molecule has 0 aromatic heterocycles. The van der Waals surface area contributed by atoms with Gasteiger partial charge in [-0.1, -0.05) is 11.6 Å². The molecule has 3 rings (SSSR count). The summed E-state index contributed by atoms with van der Waals surface area (Å²) in [6, 6.07) is 0. The van der Waals surface area contributed by atoms with Crippen LogP contribution in [-0.4, -0.2) is 43.7 Å². The summed E-state index contributed by atoms with van der Waals surface area (Å²) >= 11 is 0. The standard InChI is InChI=1S/C16H22O6/c1-4-19-15(17)10-6-5-8(2)12-13(10)16(18)22-11-7-20-9(3)21-14(11)12/h5,9-14H,4,6-7H2,1-3H3/t9-,10-,11-,12+,13+,14-/m1/s1. The zero-order valence-corrected chi connectivity index (χ0v) is 13.1. The molecule has 0 spiro atoms. The molecule has 2 fully saturated rings. The second-order valence-electron chi connectivity index (χ2n) is 6.07. The van der Waals surface area contributed by atoms with E-state index >= 15 is 0 Å². The van der Waals surface area contributed by atoms with E-state index in [1.807, 2.05) is 19.9 Å². The molecule has 0 radical (unpaired) electrons. The Morgan fingerprint density at radius 3 is 2.91 bits per heavy atom. The molecule has 0 saturated carbocycles. The Balaban J connectivity index is 1.91. The summed E-state index contributed by atoms with van der Waals surface area (Å²) in [6.45, 7) is 6.21. The molecule has 2 heterocycles. The van der Waals surface area contributed by atoms with Gasteiger partial charge in [-0.2, -0.15) is 0 Å². The molecule has 0 amide bonds. The average molecular weight is 310 g/mol. The van der Waals surface area contributed by atoms with Gasteiger partial charge in [-0.3, -0.25) is 9.59 Å². The topological polar surface area (TPSA) is 71.1 Å². The van der Waals surface area contributed by atoms with Crippen LogP contribution in [0.5, 0.6) is 0 Å². The molecule has 22 heavy (non-hydrogen) atoms. The van der Waals surface area contributed by atoms with Crippen LogP contribution in [0.4, 0.5) is 0 Å². The van der Waals surface area contributed by atoms with Gasteiger partial charge in [0.1, 0.15) is 6.10 Å². The van der Waals surface area contributed by atoms with Crippen LogP contribution in [0.25, 0.3) is 0 Å². The number of hydrogen-bond donors (Lipinski definition) is 0. The summed E-state index contributed by atoms with van der Waals surface area (Å²) < 4.78 is 21.9. The van der Waals surface area contributed by atoms with Gasteiger partial charge < -0.3 is 18.9 Å². The van der Waals surface area contributed by atoms with Crippen LogP contribution in [0.1, 0.15) is 27.2 Å². The molecule has 3 aliphatic rings. The third kappa shape index (κ3) is 2.54. The van der Waals surface area contributed by atoms with Crippen molar-refractivity contribution in [1.82, 2.24) is 0 Å². The molecular formula is C16H22O6. The van der Waals surface area contributed by atoms with E-state index < -0.39 is 17.9 Å². The first-order valence-corrected chi connectivity index (χ1v) is 7.83. The third-order valence-corrected chi connectivity index (χ3v) is 4.73. The normalized spacial score (nSPS) is 40.9. The van der Waals surface area contributed by atoms with Crippen LogP contribution in [0.15, 0.2) is 11.6 Å². The molecule has 0 aromatic rings. The van der Waals surface area contributed by atoms with E-state index in [9.17, 15) is 9.59 Å². The molecule has 1 aliphatic carbocycles. The van der Waals surface area contributed by atoms with Crippen molar-refractivity contribution in [2.75, 3.05) is 13.2 Å². The van der Waals surface area contributed by atoms with Gasteiger partial charge in [-0.05, 0) is 27.2 Å². The van der Waals surface area contributed by atoms with Gasteiger partial charge >= 0.3 is 11.9 Å². The minimum absolute atomic E-state index is 0.152. The smallest absolute Gasteiger partial charge is 0.310 e. The van der Waals surface area contributed by atoms with Crippen molar-refractivity contribution in [2.45, 2.75) is 45.7 Å². The molecule has 0 bridgehead atoms. The van der Waals surface area contributed by atoms with E-state index in [2.05, 4.69) is 0 Å². The Bertz CT molecular complexity index is 499. The Hall–Kier alpha value is -1.40. The van der Waals surface area contributed by atoms with Gasteiger partial charge in [-0.25, -0.2) is 0 Å². The van der Waals surface area contributed by atoms with Crippen molar-refractivity contribution < 1.29 is 28.5 Å². The highest BCUT2D eigenvalue weighted by Crippen LogP contribution is 2.45. The van der Waals surface area contributed by atoms with Crippen molar-refractivity contribution in [3.63, 3.8) is 0 Å². The van der Waals surface area contributed by atoms with Crippen molar-refractivity contribution >= 4 is 11.9 Å². The number of ether oxygens (including phenoxy) is 4. The van der Waals surface area contributed by atoms with E-state index in [1.54, 1.807) is 6.92 Å². The number of carbonyl (C=O) groups excluding carboxylic acids is 2. The quantitative estimate of drug-likeness (QED) is 0.568. The SMILES string of the molecule is CCOC(=O)[C@@H]1CC=C(C)[C@@H]2[C@@H]3O[C@H](C)OC[C@H]3OC(=O)[C@H]21. The molecule has 6 atom stereocenters. The maximum Gasteiger partial charge on any atom is 0.310 e. The molecule has 6 nitrogen and oxygen atoms in total. The first-order chi connectivity index (χ1) is 10.5. The first-order valence-electron chi connectivity index (χ1n) is 7.83. The minimum Gasteiger partial charge on any atom is -0.466 e. The maximum atomic E-state index is 12.5. The highest BCUT2D eigenvalue weighted by atomic mass is 16.7. The predicted molar refractivity (Wildman–Crippen MR) is 75.6 cm³/mol. The third-order valence-electron chi connectivity index (χ3n) is 4.73. The van der Waals surface area contributed by atoms with Crippen LogP contribution in [0.2, 0.25) is 0 Å². The Morgan fingerprint density at radius 2 is 2.18 bits per heavy atom. The summed E-state index contributed by atoms with van der Waals surface area (Å²) in [5.41, 5.74) is 1.08. The van der Waals surface area contributed by atoms with Crippen molar-refractivity contribution in [3.05, 3.63) is 11.6 Å². The number of fused-ring (bicyclic) bond motifs is 3. The summed E-state index contributed by atoms with van der Waals surface area (Å²) in [5.74, 6) is -1.87. The van der Waals surface area contributed by atoms with E-state index in [0.29, 0.717) is 19.6 Å². The van der Waals surface area contributed by atoms with Gasteiger partial charge in [0.2, 0.25) is 0 Å². The lowest BCUT2D eigenvalue weighted by Crippen LogP contribution is -2.59. The van der Waals surface area contributed by atoms with E-state index in [0.717, 1.165) is 5.57 Å². The van der Waals surface area contributed by atoms with E-state index in [4.69, 9.17) is 18.9 Å². The Morgan fingerprint density at radius 1 is 1.41 bits per heavy atom. The lowest BCUT2D eigenvalue weighted by molar-refractivity contribution is -0.279. The second-order valence-corrected chi connectivity index (χ2v) is 6.07. The van der Waals surface area contributed by atoms with Crippen LogP contribution in [0, 0.1) is 17.8 Å². The van der Waals surface area contributed by atoms with Crippen LogP contribution < -0.4 is 0 Å². The second kappa shape index (κ2) is 6.01. The molecular weight excluding hydrogens is 288 g/mol. The minimum atomic E-state index is -0.532. The van der Waals surface area contributed by atoms with Crippen LogP contribution in [0.3, 0.4) is 0 Å². The Kier molecular flexibility index (Phi) is 4.23. The summed E-state index contributed by atoms with van der Waals surface area (Å²) in [4.78, 5) is 24.7. The molecule has 0 aromatic carbocycles. The summed E-state index contributed by atoms with van der Waals surface area (Å²) in [6.07, 6.45) is 1.51. The summed E-state index contributed by atoms with van der Waals surface area (Å²) in [7, 11) is 0. The fourth-order valence-corrected chi connectivity index (χ4v) is 3.71. The zero-order valence-electron chi connectivity index (χ0n) is 13.1. The number of rotatable bonds is 2. The van der Waals surface area contributed by atoms with Crippen molar-refractivity contribution in [3.8, 4) is 0 Å². The number of esters is 2. The van der Waals surface area contributed by atoms with Gasteiger partial charge in [0.25, 0.3) is 0 Å². The fourth-order valence-electron chi connectivity index (χ4n) is 3.71. The molecule has 6 heteroatoms. The fraction of sp³-hybridized carbons (Fsp3) is 0.750. The molecule has 2 saturated heterocycles. The highest BCUT2D eigenvalue weighted by Gasteiger charge is 2.55. The molecule has 122 valence electrons. The van der Waals surface area contributed by atoms with Crippen molar-refractivity contribution in [2.24, 2.45) is 17.8 Å². The van der Waals surface area contributed by atoms with Crippen molar-refractivity contribution in [1.29, 1.82) is 0 Å². The zero-order chi connectivity index (χ0) is 15.9.